The number of halogens is 1. The molecule has 0 bridgehead atoms. The second kappa shape index (κ2) is 8.57. The van der Waals surface area contributed by atoms with E-state index >= 15 is 0 Å². The Morgan fingerprint density at radius 2 is 1.65 bits per heavy atom. The summed E-state index contributed by atoms with van der Waals surface area (Å²) in [6.07, 6.45) is 1.29. The molecule has 0 spiro atoms. The van der Waals surface area contributed by atoms with Crippen LogP contribution in [0.15, 0.2) is 60.8 Å². The number of rotatable bonds is 4. The topological polar surface area (TPSA) is 90.0 Å². The van der Waals surface area contributed by atoms with Crippen LogP contribution in [-0.4, -0.2) is 21.6 Å². The van der Waals surface area contributed by atoms with Crippen LogP contribution in [0.25, 0.3) is 5.69 Å². The van der Waals surface area contributed by atoms with Crippen molar-refractivity contribution in [2.75, 3.05) is 5.32 Å². The molecule has 7 heteroatoms. The number of primary amides is 1. The fourth-order valence-electron chi connectivity index (χ4n) is 2.19. The minimum Gasteiger partial charge on any atom is -0.365 e. The summed E-state index contributed by atoms with van der Waals surface area (Å²) >= 11 is 0. The standard InChI is InChI=1S/C17H13FN4O2.C2H6/c18-12-8-6-11(7-9-12)17(24)21-16-14(15(19)23)10-20-22(16)13-4-2-1-3-5-13;1-2/h1-10H,(H2,19,23)(H,21,24);1-2H3. The number of aromatic nitrogens is 2. The SMILES string of the molecule is CC.NC(=O)c1cnn(-c2ccccc2)c1NC(=O)c1ccc(F)cc1. The van der Waals surface area contributed by atoms with E-state index in [9.17, 15) is 14.0 Å². The molecule has 0 atom stereocenters. The molecule has 0 saturated carbocycles. The minimum absolute atomic E-state index is 0.0781. The van der Waals surface area contributed by atoms with Gasteiger partial charge in [0.05, 0.1) is 11.9 Å². The number of nitrogens with zero attached hydrogens (tertiary/aromatic N) is 2. The van der Waals surface area contributed by atoms with Gasteiger partial charge in [-0.25, -0.2) is 9.07 Å². The Bertz CT molecular complexity index is 890. The molecule has 6 nitrogen and oxygen atoms in total. The van der Waals surface area contributed by atoms with Crippen molar-refractivity contribution in [3.63, 3.8) is 0 Å². The van der Waals surface area contributed by atoms with Crippen LogP contribution in [0.1, 0.15) is 34.6 Å². The number of hydrogen-bond acceptors (Lipinski definition) is 3. The van der Waals surface area contributed by atoms with Gasteiger partial charge >= 0.3 is 0 Å². The van der Waals surface area contributed by atoms with Gasteiger partial charge in [-0.2, -0.15) is 5.10 Å². The van der Waals surface area contributed by atoms with E-state index in [1.165, 1.54) is 35.1 Å². The molecule has 0 aliphatic heterocycles. The molecule has 3 N–H and O–H groups in total. The first-order valence-corrected chi connectivity index (χ1v) is 8.06. The molecular weight excluding hydrogens is 335 g/mol. The van der Waals surface area contributed by atoms with E-state index in [1.807, 2.05) is 19.9 Å². The second-order valence-corrected chi connectivity index (χ2v) is 4.98. The number of carbonyl (C=O) groups excluding carboxylic acids is 2. The summed E-state index contributed by atoms with van der Waals surface area (Å²) in [5.74, 6) is -1.51. The lowest BCUT2D eigenvalue weighted by molar-refractivity contribution is 0.100. The van der Waals surface area contributed by atoms with E-state index in [2.05, 4.69) is 10.4 Å². The third-order valence-electron chi connectivity index (χ3n) is 3.37. The number of anilines is 1. The summed E-state index contributed by atoms with van der Waals surface area (Å²) in [6.45, 7) is 4.00. The van der Waals surface area contributed by atoms with E-state index in [0.29, 0.717) is 5.69 Å². The van der Waals surface area contributed by atoms with Crippen molar-refractivity contribution >= 4 is 17.6 Å². The van der Waals surface area contributed by atoms with Gasteiger partial charge in [0.2, 0.25) is 0 Å². The fourth-order valence-corrected chi connectivity index (χ4v) is 2.19. The van der Waals surface area contributed by atoms with Crippen LogP contribution >= 0.6 is 0 Å². The molecule has 3 rings (SSSR count). The quantitative estimate of drug-likeness (QED) is 0.752. The van der Waals surface area contributed by atoms with E-state index in [0.717, 1.165) is 0 Å². The molecule has 0 aliphatic carbocycles. The maximum absolute atomic E-state index is 13.0. The molecule has 2 amide bonds. The van der Waals surface area contributed by atoms with Gasteiger partial charge in [0, 0.05) is 5.56 Å². The maximum atomic E-state index is 13.0. The normalized spacial score (nSPS) is 9.81. The van der Waals surface area contributed by atoms with Crippen LogP contribution in [0.4, 0.5) is 10.2 Å². The van der Waals surface area contributed by atoms with Gasteiger partial charge in [-0.1, -0.05) is 32.0 Å². The summed E-state index contributed by atoms with van der Waals surface area (Å²) in [5, 5.41) is 6.72. The lowest BCUT2D eigenvalue weighted by atomic mass is 10.2. The molecule has 0 aliphatic rings. The Kier molecular flexibility index (Phi) is 6.21. The average Bonchev–Trinajstić information content (AvgIpc) is 3.08. The van der Waals surface area contributed by atoms with Gasteiger partial charge in [-0.05, 0) is 36.4 Å². The van der Waals surface area contributed by atoms with Crippen molar-refractivity contribution < 1.29 is 14.0 Å². The number of amides is 2. The van der Waals surface area contributed by atoms with Crippen LogP contribution in [0, 0.1) is 5.82 Å². The molecular formula is C19H19FN4O2. The van der Waals surface area contributed by atoms with E-state index < -0.39 is 17.6 Å². The van der Waals surface area contributed by atoms with Gasteiger partial charge in [-0.3, -0.25) is 9.59 Å². The minimum atomic E-state index is -0.716. The van der Waals surface area contributed by atoms with Crippen molar-refractivity contribution in [1.82, 2.24) is 9.78 Å². The summed E-state index contributed by atoms with van der Waals surface area (Å²) in [4.78, 5) is 24.0. The average molecular weight is 354 g/mol. The molecule has 0 saturated heterocycles. The molecule has 2 aromatic carbocycles. The molecule has 0 fully saturated rings. The monoisotopic (exact) mass is 354 g/mol. The predicted octanol–water partition coefficient (Wildman–Crippen LogP) is 3.39. The van der Waals surface area contributed by atoms with Gasteiger partial charge in [0.15, 0.2) is 0 Å². The smallest absolute Gasteiger partial charge is 0.256 e. The highest BCUT2D eigenvalue weighted by Crippen LogP contribution is 2.20. The third-order valence-corrected chi connectivity index (χ3v) is 3.37. The lowest BCUT2D eigenvalue weighted by Gasteiger charge is -2.10. The van der Waals surface area contributed by atoms with E-state index in [4.69, 9.17) is 5.73 Å². The first kappa shape index (κ1) is 18.9. The number of nitrogens with two attached hydrogens (primary N) is 1. The van der Waals surface area contributed by atoms with Gasteiger partial charge in [-0.15, -0.1) is 0 Å². The zero-order valence-electron chi connectivity index (χ0n) is 14.4. The highest BCUT2D eigenvalue weighted by molar-refractivity contribution is 6.08. The van der Waals surface area contributed by atoms with Crippen LogP contribution in [0.5, 0.6) is 0 Å². The molecule has 0 radical (unpaired) electrons. The largest absolute Gasteiger partial charge is 0.365 e. The maximum Gasteiger partial charge on any atom is 0.256 e. The number of nitrogens with one attached hydrogen (secondary N) is 1. The van der Waals surface area contributed by atoms with Crippen molar-refractivity contribution in [3.8, 4) is 5.69 Å². The van der Waals surface area contributed by atoms with E-state index in [1.54, 1.807) is 24.3 Å². The Balaban J connectivity index is 0.00000117. The molecule has 26 heavy (non-hydrogen) atoms. The van der Waals surface area contributed by atoms with Gasteiger partial charge in [0.25, 0.3) is 11.8 Å². The third kappa shape index (κ3) is 4.13. The number of carbonyl (C=O) groups is 2. The van der Waals surface area contributed by atoms with Crippen molar-refractivity contribution in [2.45, 2.75) is 13.8 Å². The van der Waals surface area contributed by atoms with Crippen molar-refractivity contribution in [3.05, 3.63) is 77.7 Å². The molecule has 134 valence electrons. The molecule has 0 unspecified atom stereocenters. The Morgan fingerprint density at radius 3 is 2.23 bits per heavy atom. The molecule has 3 aromatic rings. The lowest BCUT2D eigenvalue weighted by Crippen LogP contribution is -2.19. The zero-order valence-corrected chi connectivity index (χ0v) is 14.4. The first-order valence-electron chi connectivity index (χ1n) is 8.06. The van der Waals surface area contributed by atoms with Crippen LogP contribution in [0.3, 0.4) is 0 Å². The number of hydrogen-bond donors (Lipinski definition) is 2. The Labute approximate surface area is 150 Å². The summed E-state index contributed by atoms with van der Waals surface area (Å²) in [5.41, 5.74) is 6.32. The van der Waals surface area contributed by atoms with Crippen LogP contribution < -0.4 is 11.1 Å². The zero-order chi connectivity index (χ0) is 19.1. The van der Waals surface area contributed by atoms with E-state index in [-0.39, 0.29) is 16.9 Å². The summed E-state index contributed by atoms with van der Waals surface area (Å²) < 4.78 is 14.4. The van der Waals surface area contributed by atoms with Crippen molar-refractivity contribution in [1.29, 1.82) is 0 Å². The molecule has 1 aromatic heterocycles. The van der Waals surface area contributed by atoms with Crippen LogP contribution in [-0.2, 0) is 0 Å². The number of benzene rings is 2. The highest BCUT2D eigenvalue weighted by atomic mass is 19.1. The number of para-hydroxylation sites is 1. The summed E-state index contributed by atoms with van der Waals surface area (Å²) in [6, 6.07) is 14.0. The second-order valence-electron chi connectivity index (χ2n) is 4.98. The predicted molar refractivity (Wildman–Crippen MR) is 97.8 cm³/mol. The molecule has 1 heterocycles. The Morgan fingerprint density at radius 1 is 1.04 bits per heavy atom. The van der Waals surface area contributed by atoms with Gasteiger partial charge in [0.1, 0.15) is 17.2 Å². The summed E-state index contributed by atoms with van der Waals surface area (Å²) in [7, 11) is 0. The Hall–Kier alpha value is -3.48. The fraction of sp³-hybridized carbons (Fsp3) is 0.105. The first-order chi connectivity index (χ1) is 12.6. The highest BCUT2D eigenvalue weighted by Gasteiger charge is 2.19. The van der Waals surface area contributed by atoms with Crippen LogP contribution in [0.2, 0.25) is 0 Å². The van der Waals surface area contributed by atoms with Crippen molar-refractivity contribution in [2.24, 2.45) is 5.73 Å². The van der Waals surface area contributed by atoms with Gasteiger partial charge < -0.3 is 11.1 Å².